The summed E-state index contributed by atoms with van der Waals surface area (Å²) in [5.74, 6) is -1.07. The summed E-state index contributed by atoms with van der Waals surface area (Å²) >= 11 is 6.19. The number of carbonyl (C=O) groups is 1. The first-order valence-corrected chi connectivity index (χ1v) is 8.27. The monoisotopic (exact) mass is 343 g/mol. The molecule has 0 saturated carbocycles. The van der Waals surface area contributed by atoms with Crippen molar-refractivity contribution in [2.24, 2.45) is 11.8 Å². The van der Waals surface area contributed by atoms with E-state index < -0.39 is 5.97 Å². The largest absolute Gasteiger partial charge is 0.481 e. The van der Waals surface area contributed by atoms with Crippen LogP contribution in [0.3, 0.4) is 0 Å². The van der Waals surface area contributed by atoms with Crippen molar-refractivity contribution in [3.8, 4) is 6.07 Å². The lowest BCUT2D eigenvalue weighted by Crippen LogP contribution is -2.42. The number of aryl methyl sites for hydroxylation is 1. The molecule has 6 heteroatoms. The van der Waals surface area contributed by atoms with E-state index in [0.717, 1.165) is 22.2 Å². The SMILES string of the molecule is Cc1c(Cl)ccc2c(N3CC[C@@H](C(=O)O)[C@@H](C)C3)c(C#N)cnc12. The number of nitriles is 1. The van der Waals surface area contributed by atoms with E-state index in [2.05, 4.69) is 16.0 Å². The molecule has 1 fully saturated rings. The fourth-order valence-corrected chi connectivity index (χ4v) is 3.66. The zero-order chi connectivity index (χ0) is 17.4. The molecule has 1 aliphatic rings. The van der Waals surface area contributed by atoms with Crippen molar-refractivity contribution in [2.75, 3.05) is 18.0 Å². The van der Waals surface area contributed by atoms with Gasteiger partial charge in [0.15, 0.2) is 0 Å². The lowest BCUT2D eigenvalue weighted by Gasteiger charge is -2.37. The van der Waals surface area contributed by atoms with Gasteiger partial charge in [-0.2, -0.15) is 5.26 Å². The summed E-state index contributed by atoms with van der Waals surface area (Å²) in [5, 5.41) is 20.3. The third kappa shape index (κ3) is 2.67. The molecule has 2 atom stereocenters. The molecule has 1 aromatic carbocycles. The maximum Gasteiger partial charge on any atom is 0.306 e. The van der Waals surface area contributed by atoms with Crippen LogP contribution in [0.15, 0.2) is 18.3 Å². The smallest absolute Gasteiger partial charge is 0.306 e. The number of hydrogen-bond acceptors (Lipinski definition) is 4. The average molecular weight is 344 g/mol. The molecule has 5 nitrogen and oxygen atoms in total. The van der Waals surface area contributed by atoms with Gasteiger partial charge in [-0.15, -0.1) is 0 Å². The van der Waals surface area contributed by atoms with E-state index in [4.69, 9.17) is 11.6 Å². The van der Waals surface area contributed by atoms with E-state index >= 15 is 0 Å². The van der Waals surface area contributed by atoms with E-state index in [1.165, 1.54) is 0 Å². The number of rotatable bonds is 2. The predicted molar refractivity (Wildman–Crippen MR) is 93.3 cm³/mol. The van der Waals surface area contributed by atoms with E-state index in [9.17, 15) is 15.2 Å². The molecule has 124 valence electrons. The number of benzene rings is 1. The molecule has 2 heterocycles. The van der Waals surface area contributed by atoms with Crippen molar-refractivity contribution in [2.45, 2.75) is 20.3 Å². The number of anilines is 1. The van der Waals surface area contributed by atoms with Gasteiger partial charge in [-0.3, -0.25) is 9.78 Å². The van der Waals surface area contributed by atoms with Crippen LogP contribution in [-0.4, -0.2) is 29.1 Å². The van der Waals surface area contributed by atoms with Crippen molar-refractivity contribution in [1.82, 2.24) is 4.98 Å². The summed E-state index contributed by atoms with van der Waals surface area (Å²) < 4.78 is 0. The van der Waals surface area contributed by atoms with E-state index in [1.54, 1.807) is 6.20 Å². The Hall–Kier alpha value is -2.32. The number of pyridine rings is 1. The molecule has 3 rings (SSSR count). The highest BCUT2D eigenvalue weighted by Crippen LogP contribution is 2.36. The fraction of sp³-hybridized carbons (Fsp3) is 0.389. The Labute approximate surface area is 145 Å². The van der Waals surface area contributed by atoms with Gasteiger partial charge in [0.1, 0.15) is 6.07 Å². The molecule has 0 bridgehead atoms. The third-order valence-corrected chi connectivity index (χ3v) is 5.27. The minimum atomic E-state index is -0.745. The van der Waals surface area contributed by atoms with Crippen LogP contribution in [0.2, 0.25) is 5.02 Å². The molecule has 0 radical (unpaired) electrons. The zero-order valence-corrected chi connectivity index (χ0v) is 14.3. The van der Waals surface area contributed by atoms with Crippen LogP contribution >= 0.6 is 11.6 Å². The normalized spacial score (nSPS) is 20.8. The van der Waals surface area contributed by atoms with E-state index in [0.29, 0.717) is 30.1 Å². The standard InChI is InChI=1S/C18H18ClN3O2/c1-10-9-22(6-5-13(10)18(23)24)17-12(7-20)8-21-16-11(2)15(19)4-3-14(16)17/h3-4,8,10,13H,5-6,9H2,1-2H3,(H,23,24)/t10-,13+/m0/s1. The first-order valence-electron chi connectivity index (χ1n) is 7.89. The molecular formula is C18H18ClN3O2. The van der Waals surface area contributed by atoms with Gasteiger partial charge in [-0.1, -0.05) is 18.5 Å². The number of carboxylic acid groups (broad SMARTS) is 1. The summed E-state index contributed by atoms with van der Waals surface area (Å²) in [5.41, 5.74) is 3.00. The topological polar surface area (TPSA) is 77.2 Å². The van der Waals surface area contributed by atoms with Crippen LogP contribution in [-0.2, 0) is 4.79 Å². The molecule has 1 N–H and O–H groups in total. The molecule has 24 heavy (non-hydrogen) atoms. The van der Waals surface area contributed by atoms with Gasteiger partial charge < -0.3 is 10.0 Å². The number of aliphatic carboxylic acids is 1. The summed E-state index contributed by atoms with van der Waals surface area (Å²) in [6.45, 7) is 5.07. The van der Waals surface area contributed by atoms with E-state index in [1.807, 2.05) is 26.0 Å². The lowest BCUT2D eigenvalue weighted by molar-refractivity contribution is -0.144. The number of aromatic nitrogens is 1. The maximum atomic E-state index is 11.3. The maximum absolute atomic E-state index is 11.3. The van der Waals surface area contributed by atoms with Crippen LogP contribution in [0, 0.1) is 30.1 Å². The van der Waals surface area contributed by atoms with Crippen molar-refractivity contribution in [1.29, 1.82) is 5.26 Å². The summed E-state index contributed by atoms with van der Waals surface area (Å²) in [6, 6.07) is 5.92. The number of carboxylic acids is 1. The van der Waals surface area contributed by atoms with Crippen LogP contribution in [0.1, 0.15) is 24.5 Å². The molecule has 2 aromatic rings. The molecule has 1 saturated heterocycles. The van der Waals surface area contributed by atoms with Gasteiger partial charge in [-0.25, -0.2) is 0 Å². The molecule has 0 spiro atoms. The Morgan fingerprint density at radius 3 is 2.88 bits per heavy atom. The first kappa shape index (κ1) is 16.5. The predicted octanol–water partition coefficient (Wildman–Crippen LogP) is 3.62. The fourth-order valence-electron chi connectivity index (χ4n) is 3.51. The Balaban J connectivity index is 2.11. The molecule has 0 amide bonds. The Bertz CT molecular complexity index is 859. The highest BCUT2D eigenvalue weighted by molar-refractivity contribution is 6.32. The van der Waals surface area contributed by atoms with Gasteiger partial charge in [-0.05, 0) is 37.0 Å². The first-order chi connectivity index (χ1) is 11.4. The number of hydrogen-bond donors (Lipinski definition) is 1. The molecule has 0 aliphatic carbocycles. The molecular weight excluding hydrogens is 326 g/mol. The van der Waals surface area contributed by atoms with Gasteiger partial charge in [0.2, 0.25) is 0 Å². The summed E-state index contributed by atoms with van der Waals surface area (Å²) in [6.07, 6.45) is 2.15. The van der Waals surface area contributed by atoms with E-state index in [-0.39, 0.29) is 11.8 Å². The van der Waals surface area contributed by atoms with Crippen molar-refractivity contribution in [3.05, 3.63) is 34.5 Å². The highest BCUT2D eigenvalue weighted by Gasteiger charge is 2.32. The second kappa shape index (κ2) is 6.29. The number of piperidine rings is 1. The lowest BCUT2D eigenvalue weighted by atomic mass is 9.86. The second-order valence-electron chi connectivity index (χ2n) is 6.36. The summed E-state index contributed by atoms with van der Waals surface area (Å²) in [4.78, 5) is 17.8. The van der Waals surface area contributed by atoms with Crippen molar-refractivity contribution >= 4 is 34.2 Å². The number of halogens is 1. The summed E-state index contributed by atoms with van der Waals surface area (Å²) in [7, 11) is 0. The Morgan fingerprint density at radius 1 is 1.50 bits per heavy atom. The van der Waals surface area contributed by atoms with Crippen molar-refractivity contribution < 1.29 is 9.90 Å². The van der Waals surface area contributed by atoms with Gasteiger partial charge in [0.25, 0.3) is 0 Å². The molecule has 1 aliphatic heterocycles. The minimum Gasteiger partial charge on any atom is -0.481 e. The highest BCUT2D eigenvalue weighted by atomic mass is 35.5. The Kier molecular flexibility index (Phi) is 4.33. The molecule has 1 aromatic heterocycles. The van der Waals surface area contributed by atoms with Crippen LogP contribution in [0.4, 0.5) is 5.69 Å². The van der Waals surface area contributed by atoms with Gasteiger partial charge in [0, 0.05) is 29.7 Å². The molecule has 0 unspecified atom stereocenters. The van der Waals surface area contributed by atoms with Crippen LogP contribution < -0.4 is 4.90 Å². The third-order valence-electron chi connectivity index (χ3n) is 4.86. The quantitative estimate of drug-likeness (QED) is 0.901. The zero-order valence-electron chi connectivity index (χ0n) is 13.6. The average Bonchev–Trinajstić information content (AvgIpc) is 2.56. The van der Waals surface area contributed by atoms with Gasteiger partial charge in [0.05, 0.1) is 22.7 Å². The number of fused-ring (bicyclic) bond motifs is 1. The van der Waals surface area contributed by atoms with Crippen LogP contribution in [0.25, 0.3) is 10.9 Å². The number of nitrogens with zero attached hydrogens (tertiary/aromatic N) is 3. The van der Waals surface area contributed by atoms with Crippen LogP contribution in [0.5, 0.6) is 0 Å². The van der Waals surface area contributed by atoms with Crippen molar-refractivity contribution in [3.63, 3.8) is 0 Å². The minimum absolute atomic E-state index is 0.0133. The Morgan fingerprint density at radius 2 is 2.25 bits per heavy atom. The second-order valence-corrected chi connectivity index (χ2v) is 6.76. The van der Waals surface area contributed by atoms with Gasteiger partial charge >= 0.3 is 5.97 Å².